The first kappa shape index (κ1) is 74.2. The minimum absolute atomic E-state index is 0.0324. The Morgan fingerprint density at radius 3 is 1.09 bits per heavy atom. The molecular formula is C73H81N7O22. The van der Waals surface area contributed by atoms with E-state index in [-0.39, 0.29) is 59.2 Å². The lowest BCUT2D eigenvalue weighted by Gasteiger charge is -2.47. The molecule has 29 nitrogen and oxygen atoms in total. The summed E-state index contributed by atoms with van der Waals surface area (Å²) in [5.41, 5.74) is 4.08. The first-order valence-electron chi connectivity index (χ1n) is 33.0. The first-order chi connectivity index (χ1) is 49.7. The molecule has 3 aliphatic heterocycles. The second-order valence-electron chi connectivity index (χ2n) is 23.9. The zero-order valence-corrected chi connectivity index (χ0v) is 55.2. The molecule has 0 aromatic heterocycles. The second-order valence-corrected chi connectivity index (χ2v) is 23.9. The number of hydrogen-bond acceptors (Lipinski definition) is 22. The lowest BCUT2D eigenvalue weighted by atomic mass is 9.83. The van der Waals surface area contributed by atoms with Crippen LogP contribution < -0.4 is 37.2 Å². The van der Waals surface area contributed by atoms with Gasteiger partial charge in [0.1, 0.15) is 94.9 Å². The van der Waals surface area contributed by atoms with E-state index in [1.807, 2.05) is 12.1 Å². The van der Waals surface area contributed by atoms with Gasteiger partial charge in [0.15, 0.2) is 18.9 Å². The number of alkyl carbamates (subject to hydrolysis) is 6. The summed E-state index contributed by atoms with van der Waals surface area (Å²) in [7, 11) is 0. The molecule has 540 valence electrons. The van der Waals surface area contributed by atoms with Gasteiger partial charge in [-0.05, 0) is 39.8 Å². The third-order valence-electron chi connectivity index (χ3n) is 16.4. The van der Waals surface area contributed by atoms with Crippen LogP contribution in [0.25, 0.3) is 0 Å². The molecule has 6 aromatic carbocycles. The summed E-state index contributed by atoms with van der Waals surface area (Å²) in [6, 6.07) is 47.9. The van der Waals surface area contributed by atoms with Gasteiger partial charge in [-0.3, -0.25) is 4.79 Å². The molecule has 102 heavy (non-hydrogen) atoms. The van der Waals surface area contributed by atoms with E-state index in [0.717, 1.165) is 11.1 Å². The summed E-state index contributed by atoms with van der Waals surface area (Å²) < 4.78 is 72.1. The monoisotopic (exact) mass is 1410 g/mol. The summed E-state index contributed by atoms with van der Waals surface area (Å²) in [6.45, 7) is -2.65. The summed E-state index contributed by atoms with van der Waals surface area (Å²) in [5.74, 6) is -0.854. The summed E-state index contributed by atoms with van der Waals surface area (Å²) in [6.07, 6.45) is -17.2. The van der Waals surface area contributed by atoms with E-state index >= 15 is 0 Å². The topological polar surface area (TPSA) is 375 Å². The van der Waals surface area contributed by atoms with Gasteiger partial charge >= 0.3 is 36.6 Å². The molecule has 10 rings (SSSR count). The maximum Gasteiger partial charge on any atom is 0.408 e. The smallest absolute Gasteiger partial charge is 0.408 e. The molecule has 6 aromatic rings. The van der Waals surface area contributed by atoms with Crippen LogP contribution in [0.2, 0.25) is 0 Å². The largest absolute Gasteiger partial charge is 0.445 e. The van der Waals surface area contributed by atoms with E-state index in [1.54, 1.807) is 176 Å². The Hall–Kier alpha value is -10.5. The van der Waals surface area contributed by atoms with Gasteiger partial charge in [0.25, 0.3) is 0 Å². The van der Waals surface area contributed by atoms with E-state index in [1.165, 1.54) is 18.2 Å². The lowest BCUT2D eigenvalue weighted by Crippen LogP contribution is -2.68. The van der Waals surface area contributed by atoms with Crippen molar-refractivity contribution in [3.63, 3.8) is 0 Å². The van der Waals surface area contributed by atoms with Gasteiger partial charge < -0.3 is 109 Å². The van der Waals surface area contributed by atoms with Crippen molar-refractivity contribution in [2.75, 3.05) is 26.2 Å². The Labute approximate surface area is 587 Å². The second kappa shape index (κ2) is 38.4. The average molecular weight is 1410 g/mol. The zero-order chi connectivity index (χ0) is 71.4. The number of ether oxygens (including phenoxy) is 12. The number of hydrogen-bond donors (Lipinski definition) is 10. The van der Waals surface area contributed by atoms with Crippen LogP contribution in [-0.2, 0) is 101 Å². The Morgan fingerprint density at radius 1 is 0.363 bits per heavy atom. The van der Waals surface area contributed by atoms with Gasteiger partial charge in [0.2, 0.25) is 5.91 Å². The fourth-order valence-electron chi connectivity index (χ4n) is 11.2. The van der Waals surface area contributed by atoms with Gasteiger partial charge in [-0.2, -0.15) is 0 Å². The predicted molar refractivity (Wildman–Crippen MR) is 359 cm³/mol. The minimum Gasteiger partial charge on any atom is -0.445 e. The number of carbonyl (C=O) groups is 7. The van der Waals surface area contributed by atoms with Crippen LogP contribution in [-0.4, -0.2) is 176 Å². The average Bonchev–Trinajstić information content (AvgIpc) is 1.54. The SMILES string of the molecule is O=C(CNC(=O)OCc1ccccc1)N[C@@H]1C[C@H](NC(=O)OCc2ccccc2)[C@@H](O[C@H]2O[C@H](CNC(=O)OCc3ccccc3)C=C[C@H]2NC(=O)OCc2ccccc2)[C@H](O[C@@H]2O[C@H](CO)[C@@H](O[C@H]3O[C@@H](CNC(=O)OCc4ccccc4)C=C[C@H]3NC(=O)OCc3ccccc3)[C@H]2O)[C@H]1O. The van der Waals surface area contributed by atoms with Crippen molar-refractivity contribution in [1.82, 2.24) is 37.2 Å². The number of carbonyl (C=O) groups excluding carboxylic acids is 7. The Kier molecular flexibility index (Phi) is 27.9. The number of aliphatic hydroxyl groups is 3. The van der Waals surface area contributed by atoms with E-state index in [4.69, 9.17) is 56.8 Å². The van der Waals surface area contributed by atoms with Crippen LogP contribution in [0.4, 0.5) is 28.8 Å². The van der Waals surface area contributed by atoms with Gasteiger partial charge in [-0.1, -0.05) is 206 Å². The predicted octanol–water partition coefficient (Wildman–Crippen LogP) is 5.70. The molecule has 0 unspecified atom stereocenters. The fourth-order valence-corrected chi connectivity index (χ4v) is 11.2. The van der Waals surface area contributed by atoms with Crippen LogP contribution in [0.3, 0.4) is 0 Å². The number of aliphatic hydroxyl groups excluding tert-OH is 3. The normalized spacial score (nSPS) is 24.9. The van der Waals surface area contributed by atoms with E-state index in [9.17, 15) is 48.9 Å². The van der Waals surface area contributed by atoms with E-state index in [2.05, 4.69) is 37.2 Å². The fraction of sp³-hybridized carbons (Fsp3) is 0.356. The molecule has 1 saturated carbocycles. The third kappa shape index (κ3) is 23.0. The highest BCUT2D eigenvalue weighted by atomic mass is 16.8. The van der Waals surface area contributed by atoms with Crippen molar-refractivity contribution in [3.05, 3.63) is 240 Å². The number of nitrogens with one attached hydrogen (secondary N) is 7. The van der Waals surface area contributed by atoms with Crippen LogP contribution in [0.5, 0.6) is 0 Å². The van der Waals surface area contributed by atoms with Crippen LogP contribution in [0, 0.1) is 0 Å². The Bertz CT molecular complexity index is 3690. The number of rotatable bonds is 29. The van der Waals surface area contributed by atoms with Crippen LogP contribution >= 0.6 is 0 Å². The van der Waals surface area contributed by atoms with Gasteiger partial charge in [0, 0.05) is 0 Å². The van der Waals surface area contributed by atoms with Crippen molar-refractivity contribution >= 4 is 42.5 Å². The lowest BCUT2D eigenvalue weighted by molar-refractivity contribution is -0.282. The van der Waals surface area contributed by atoms with E-state index < -0.39 is 147 Å². The summed E-state index contributed by atoms with van der Waals surface area (Å²) in [5, 5.41) is 55.0. The quantitative estimate of drug-likeness (QED) is 0.0199. The third-order valence-corrected chi connectivity index (χ3v) is 16.4. The molecule has 7 amide bonds. The van der Waals surface area contributed by atoms with Crippen molar-refractivity contribution in [1.29, 1.82) is 0 Å². The molecule has 10 N–H and O–H groups in total. The molecule has 1 saturated heterocycles. The highest BCUT2D eigenvalue weighted by Gasteiger charge is 2.54. The Morgan fingerprint density at radius 2 is 0.706 bits per heavy atom. The molecule has 29 heteroatoms. The summed E-state index contributed by atoms with van der Waals surface area (Å²) >= 11 is 0. The molecule has 2 fully saturated rings. The van der Waals surface area contributed by atoms with E-state index in [0.29, 0.717) is 22.3 Å². The molecule has 4 aliphatic rings. The summed E-state index contributed by atoms with van der Waals surface area (Å²) in [4.78, 5) is 94.4. The molecule has 0 spiro atoms. The van der Waals surface area contributed by atoms with Crippen LogP contribution in [0.1, 0.15) is 39.8 Å². The molecule has 1 aliphatic carbocycles. The van der Waals surface area contributed by atoms with Crippen molar-refractivity contribution < 1.29 is 106 Å². The maximum absolute atomic E-state index is 14.2. The van der Waals surface area contributed by atoms with Crippen molar-refractivity contribution in [3.8, 4) is 0 Å². The number of amides is 7. The number of benzene rings is 6. The van der Waals surface area contributed by atoms with Gasteiger partial charge in [0.05, 0.1) is 44.0 Å². The highest BCUT2D eigenvalue weighted by molar-refractivity contribution is 5.82. The molecule has 15 atom stereocenters. The maximum atomic E-state index is 14.2. The minimum atomic E-state index is -1.94. The van der Waals surface area contributed by atoms with Crippen LogP contribution in [0.15, 0.2) is 206 Å². The molecular weight excluding hydrogens is 1330 g/mol. The van der Waals surface area contributed by atoms with Crippen molar-refractivity contribution in [2.24, 2.45) is 0 Å². The molecule has 3 heterocycles. The first-order valence-corrected chi connectivity index (χ1v) is 33.0. The van der Waals surface area contributed by atoms with Gasteiger partial charge in [-0.15, -0.1) is 0 Å². The Balaban J connectivity index is 0.928. The highest BCUT2D eigenvalue weighted by Crippen LogP contribution is 2.35. The van der Waals surface area contributed by atoms with Gasteiger partial charge in [-0.25, -0.2) is 28.8 Å². The molecule has 0 bridgehead atoms. The molecule has 0 radical (unpaired) electrons. The standard InChI is InChI=1S/C73H81N7O22/c81-39-58-63(101-66-55(79-72(89)95-44-50-27-15-5-16-28-50)34-32-53(98-66)37-75-69(86)92-41-47-21-9-2-10-22-47)61(84)67(99-58)102-64-60(83)56(77-59(82)38-76-70(87)93-42-48-23-11-3-12-24-48)35-57(80-73(90)96-45-51-29-17-6-18-30-51)62(64)100-65-54(78-71(88)94-43-49-25-13-4-14-26-49)33-31-52(97-65)36-74-68(85)91-40-46-19-7-1-8-20-46/h1-34,52-58,60-67,81,83-84H,35-45H2,(H,74,85)(H,75,86)(H,76,87)(H,77,82)(H,78,88)(H,79,89)(H,80,90)/t52-,53+,54+,55+,56+,57-,58+,60-,61+,62+,63+,64+,65+,66+,67-/m0/s1. The zero-order valence-electron chi connectivity index (χ0n) is 55.2. The van der Waals surface area contributed by atoms with Crippen molar-refractivity contribution in [2.45, 2.75) is 138 Å².